The number of ether oxygens (including phenoxy) is 2. The highest BCUT2D eigenvalue weighted by Crippen LogP contribution is 2.69. The predicted octanol–water partition coefficient (Wildman–Crippen LogP) is 5.17. The molecule has 0 aromatic carbocycles. The fourth-order valence-electron chi connectivity index (χ4n) is 7.76. The van der Waals surface area contributed by atoms with Gasteiger partial charge in [0, 0.05) is 18.3 Å². The van der Waals surface area contributed by atoms with E-state index in [0.29, 0.717) is 17.8 Å². The zero-order valence-electron chi connectivity index (χ0n) is 16.5. The van der Waals surface area contributed by atoms with Crippen molar-refractivity contribution in [2.24, 2.45) is 28.6 Å². The molecule has 6 atom stereocenters. The summed E-state index contributed by atoms with van der Waals surface area (Å²) in [5.41, 5.74) is 1.85. The quantitative estimate of drug-likeness (QED) is 0.608. The first-order valence-corrected chi connectivity index (χ1v) is 10.6. The number of hydrogen-bond acceptors (Lipinski definition) is 3. The summed E-state index contributed by atoms with van der Waals surface area (Å²) in [5, 5.41) is 0. The van der Waals surface area contributed by atoms with Crippen LogP contribution in [0.1, 0.15) is 71.6 Å². The Bertz CT molecular complexity index is 706. The lowest BCUT2D eigenvalue weighted by Crippen LogP contribution is -2.54. The standard InChI is InChI=1S/C23H32O3/c1-21-10-6-16(25-3)14-15(21)4-5-17-18(21)7-11-22(2)19(17)8-12-23(22)13-9-20(24)26-23/h4,14,17-19H,5-13H2,1-3H3/t17-,18-,19-,21+,22+,23-/m1/s1. The molecule has 2 saturated carbocycles. The van der Waals surface area contributed by atoms with E-state index in [2.05, 4.69) is 26.0 Å². The maximum atomic E-state index is 12.0. The summed E-state index contributed by atoms with van der Waals surface area (Å²) in [7, 11) is 1.80. The number of fused-ring (bicyclic) bond motifs is 6. The summed E-state index contributed by atoms with van der Waals surface area (Å²) in [6.45, 7) is 4.95. The summed E-state index contributed by atoms with van der Waals surface area (Å²) in [4.78, 5) is 12.0. The van der Waals surface area contributed by atoms with Gasteiger partial charge >= 0.3 is 5.97 Å². The normalized spacial score (nSPS) is 49.7. The summed E-state index contributed by atoms with van der Waals surface area (Å²) in [6, 6.07) is 0. The van der Waals surface area contributed by atoms with Gasteiger partial charge in [0.15, 0.2) is 0 Å². The number of carbonyl (C=O) groups excluding carboxylic acids is 1. The lowest BCUT2D eigenvalue weighted by Gasteiger charge is -2.58. The number of rotatable bonds is 1. The van der Waals surface area contributed by atoms with Crippen LogP contribution in [0.5, 0.6) is 0 Å². The lowest BCUT2D eigenvalue weighted by atomic mass is 9.47. The van der Waals surface area contributed by atoms with Crippen LogP contribution in [0.4, 0.5) is 0 Å². The van der Waals surface area contributed by atoms with Crippen LogP contribution in [0.3, 0.4) is 0 Å². The summed E-state index contributed by atoms with van der Waals surface area (Å²) in [5.74, 6) is 3.40. The van der Waals surface area contributed by atoms with Crippen LogP contribution in [-0.4, -0.2) is 18.7 Å². The first kappa shape index (κ1) is 16.9. The van der Waals surface area contributed by atoms with E-state index in [-0.39, 0.29) is 17.0 Å². The minimum atomic E-state index is -0.152. The van der Waals surface area contributed by atoms with E-state index in [1.165, 1.54) is 37.7 Å². The largest absolute Gasteiger partial charge is 0.501 e. The van der Waals surface area contributed by atoms with Gasteiger partial charge in [0.05, 0.1) is 12.9 Å². The highest BCUT2D eigenvalue weighted by atomic mass is 16.6. The molecule has 3 heteroatoms. The third kappa shape index (κ3) is 1.98. The molecule has 0 amide bonds. The van der Waals surface area contributed by atoms with Crippen LogP contribution in [0.2, 0.25) is 0 Å². The van der Waals surface area contributed by atoms with Crippen LogP contribution < -0.4 is 0 Å². The van der Waals surface area contributed by atoms with Gasteiger partial charge in [0.1, 0.15) is 5.60 Å². The third-order valence-electron chi connectivity index (χ3n) is 9.33. The molecule has 1 aliphatic heterocycles. The van der Waals surface area contributed by atoms with Gasteiger partial charge in [-0.05, 0) is 79.8 Å². The average Bonchev–Trinajstić information content (AvgIpc) is 3.15. The number of allylic oxidation sites excluding steroid dienone is 4. The van der Waals surface area contributed by atoms with E-state index in [1.807, 2.05) is 0 Å². The highest BCUT2D eigenvalue weighted by molar-refractivity contribution is 5.72. The molecule has 3 fully saturated rings. The molecule has 5 aliphatic rings. The maximum Gasteiger partial charge on any atom is 0.306 e. The molecule has 0 unspecified atom stereocenters. The van der Waals surface area contributed by atoms with E-state index in [0.717, 1.165) is 36.9 Å². The first-order valence-electron chi connectivity index (χ1n) is 10.6. The highest BCUT2D eigenvalue weighted by Gasteiger charge is 2.66. The van der Waals surface area contributed by atoms with Crippen molar-refractivity contribution in [2.45, 2.75) is 77.2 Å². The monoisotopic (exact) mass is 356 g/mol. The van der Waals surface area contributed by atoms with Crippen molar-refractivity contribution in [3.63, 3.8) is 0 Å². The molecular formula is C23H32O3. The van der Waals surface area contributed by atoms with E-state index < -0.39 is 0 Å². The molecule has 3 nitrogen and oxygen atoms in total. The van der Waals surface area contributed by atoms with Crippen molar-refractivity contribution in [1.29, 1.82) is 0 Å². The second kappa shape index (κ2) is 5.39. The van der Waals surface area contributed by atoms with Gasteiger partial charge in [-0.3, -0.25) is 4.79 Å². The Morgan fingerprint density at radius 3 is 2.62 bits per heavy atom. The van der Waals surface area contributed by atoms with Crippen LogP contribution >= 0.6 is 0 Å². The zero-order valence-corrected chi connectivity index (χ0v) is 16.5. The van der Waals surface area contributed by atoms with Crippen molar-refractivity contribution in [3.8, 4) is 0 Å². The molecule has 4 aliphatic carbocycles. The molecule has 0 aromatic rings. The van der Waals surface area contributed by atoms with Gasteiger partial charge in [-0.1, -0.05) is 19.9 Å². The van der Waals surface area contributed by atoms with Gasteiger partial charge < -0.3 is 9.47 Å². The SMILES string of the molecule is COC1=CC2=CC[C@@H]3[C@@H](CC[C@@]4(C)[C@@H]3CC[C@@]43CCC(=O)O3)[C@@]2(C)CC1. The number of carbonyl (C=O) groups is 1. The Balaban J connectivity index is 1.49. The van der Waals surface area contributed by atoms with Crippen molar-refractivity contribution < 1.29 is 14.3 Å². The predicted molar refractivity (Wildman–Crippen MR) is 100 cm³/mol. The van der Waals surface area contributed by atoms with Crippen molar-refractivity contribution in [2.75, 3.05) is 7.11 Å². The number of esters is 1. The lowest BCUT2D eigenvalue weighted by molar-refractivity contribution is -0.167. The van der Waals surface area contributed by atoms with E-state index in [4.69, 9.17) is 9.47 Å². The van der Waals surface area contributed by atoms with Crippen LogP contribution in [0, 0.1) is 28.6 Å². The third-order valence-corrected chi connectivity index (χ3v) is 9.33. The topological polar surface area (TPSA) is 35.5 Å². The van der Waals surface area contributed by atoms with Crippen molar-refractivity contribution in [1.82, 2.24) is 0 Å². The molecular weight excluding hydrogens is 324 g/mol. The molecule has 1 spiro atoms. The summed E-state index contributed by atoms with van der Waals surface area (Å²) in [6.07, 6.45) is 14.7. The molecule has 0 aromatic heterocycles. The fraction of sp³-hybridized carbons (Fsp3) is 0.783. The molecule has 1 saturated heterocycles. The van der Waals surface area contributed by atoms with E-state index in [9.17, 15) is 4.79 Å². The average molecular weight is 357 g/mol. The summed E-state index contributed by atoms with van der Waals surface area (Å²) >= 11 is 0. The molecule has 0 bridgehead atoms. The molecule has 0 radical (unpaired) electrons. The smallest absolute Gasteiger partial charge is 0.306 e. The van der Waals surface area contributed by atoms with E-state index in [1.54, 1.807) is 7.11 Å². The zero-order chi connectivity index (χ0) is 18.2. The molecule has 5 rings (SSSR count). The maximum absolute atomic E-state index is 12.0. The minimum absolute atomic E-state index is 0.0382. The Hall–Kier alpha value is -1.25. The Kier molecular flexibility index (Phi) is 3.50. The Morgan fingerprint density at radius 1 is 1.08 bits per heavy atom. The molecule has 1 heterocycles. The van der Waals surface area contributed by atoms with Crippen LogP contribution in [0.25, 0.3) is 0 Å². The van der Waals surface area contributed by atoms with Gasteiger partial charge in [-0.25, -0.2) is 0 Å². The Labute approximate surface area is 157 Å². The van der Waals surface area contributed by atoms with Crippen molar-refractivity contribution in [3.05, 3.63) is 23.5 Å². The second-order valence-electron chi connectivity index (χ2n) is 9.97. The van der Waals surface area contributed by atoms with Gasteiger partial charge in [0.25, 0.3) is 0 Å². The first-order chi connectivity index (χ1) is 12.4. The molecule has 26 heavy (non-hydrogen) atoms. The van der Waals surface area contributed by atoms with Crippen LogP contribution in [-0.2, 0) is 14.3 Å². The molecule has 0 N–H and O–H groups in total. The van der Waals surface area contributed by atoms with Crippen LogP contribution in [0.15, 0.2) is 23.5 Å². The minimum Gasteiger partial charge on any atom is -0.501 e. The summed E-state index contributed by atoms with van der Waals surface area (Å²) < 4.78 is 11.6. The van der Waals surface area contributed by atoms with Gasteiger partial charge in [-0.2, -0.15) is 0 Å². The second-order valence-corrected chi connectivity index (χ2v) is 9.97. The van der Waals surface area contributed by atoms with Gasteiger partial charge in [0.2, 0.25) is 0 Å². The number of hydrogen-bond donors (Lipinski definition) is 0. The fourth-order valence-corrected chi connectivity index (χ4v) is 7.76. The Morgan fingerprint density at radius 2 is 1.88 bits per heavy atom. The number of methoxy groups -OCH3 is 1. The van der Waals surface area contributed by atoms with Gasteiger partial charge in [-0.15, -0.1) is 0 Å². The molecule has 142 valence electrons. The van der Waals surface area contributed by atoms with E-state index >= 15 is 0 Å². The van der Waals surface area contributed by atoms with Crippen molar-refractivity contribution >= 4 is 5.97 Å².